The number of likely N-dealkylation sites (N-methyl/N-ethyl adjacent to an activating group) is 1. The van der Waals surface area contributed by atoms with Crippen molar-refractivity contribution >= 4 is 5.96 Å². The molecule has 0 amide bonds. The summed E-state index contributed by atoms with van der Waals surface area (Å²) >= 11 is 0. The highest BCUT2D eigenvalue weighted by atomic mass is 15.2. The summed E-state index contributed by atoms with van der Waals surface area (Å²) < 4.78 is 0. The summed E-state index contributed by atoms with van der Waals surface area (Å²) in [5, 5.41) is 6.57. The fourth-order valence-corrected chi connectivity index (χ4v) is 1.37. The van der Waals surface area contributed by atoms with Crippen molar-refractivity contribution in [1.82, 2.24) is 15.5 Å². The van der Waals surface area contributed by atoms with Crippen molar-refractivity contribution in [3.8, 4) is 0 Å². The summed E-state index contributed by atoms with van der Waals surface area (Å²) in [6, 6.07) is 0.420. The first-order chi connectivity index (χ1) is 7.60. The molecule has 0 aromatic heterocycles. The van der Waals surface area contributed by atoms with E-state index in [-0.39, 0.29) is 0 Å². The van der Waals surface area contributed by atoms with Crippen molar-refractivity contribution < 1.29 is 0 Å². The van der Waals surface area contributed by atoms with E-state index in [0.29, 0.717) is 6.04 Å². The van der Waals surface area contributed by atoms with Crippen LogP contribution in [0.25, 0.3) is 0 Å². The molecule has 16 heavy (non-hydrogen) atoms. The van der Waals surface area contributed by atoms with Crippen LogP contribution in [-0.4, -0.2) is 50.6 Å². The fourth-order valence-electron chi connectivity index (χ4n) is 1.37. The third kappa shape index (κ3) is 8.53. The molecule has 0 unspecified atom stereocenters. The minimum absolute atomic E-state index is 0.420. The molecule has 96 valence electrons. The van der Waals surface area contributed by atoms with E-state index < -0.39 is 0 Å². The maximum atomic E-state index is 4.16. The lowest BCUT2D eigenvalue weighted by molar-refractivity contribution is 0.332. The summed E-state index contributed by atoms with van der Waals surface area (Å²) in [7, 11) is 3.97. The van der Waals surface area contributed by atoms with Crippen LogP contribution >= 0.6 is 0 Å². The molecule has 4 heteroatoms. The van der Waals surface area contributed by atoms with Gasteiger partial charge in [-0.3, -0.25) is 4.99 Å². The van der Waals surface area contributed by atoms with Gasteiger partial charge >= 0.3 is 0 Å². The van der Waals surface area contributed by atoms with E-state index in [1.54, 1.807) is 7.05 Å². The topological polar surface area (TPSA) is 39.7 Å². The predicted molar refractivity (Wildman–Crippen MR) is 72.0 cm³/mol. The first kappa shape index (κ1) is 15.2. The van der Waals surface area contributed by atoms with Gasteiger partial charge in [-0.05, 0) is 33.9 Å². The second-order valence-corrected chi connectivity index (χ2v) is 4.45. The molecule has 0 aromatic carbocycles. The summed E-state index contributed by atoms with van der Waals surface area (Å²) in [5.41, 5.74) is 0. The van der Waals surface area contributed by atoms with Crippen molar-refractivity contribution in [3.05, 3.63) is 0 Å². The van der Waals surface area contributed by atoms with Crippen molar-refractivity contribution in [1.29, 1.82) is 0 Å². The molecular weight excluding hydrogens is 200 g/mol. The van der Waals surface area contributed by atoms with Gasteiger partial charge in [0, 0.05) is 26.2 Å². The molecule has 2 N–H and O–H groups in total. The minimum Gasteiger partial charge on any atom is -0.355 e. The molecule has 0 fully saturated rings. The second kappa shape index (κ2) is 9.46. The van der Waals surface area contributed by atoms with E-state index in [1.165, 1.54) is 19.4 Å². The molecule has 0 radical (unpaired) electrons. The number of unbranched alkanes of at least 4 members (excludes halogenated alkanes) is 1. The zero-order valence-corrected chi connectivity index (χ0v) is 11.5. The molecule has 0 aliphatic carbocycles. The quantitative estimate of drug-likeness (QED) is 0.509. The van der Waals surface area contributed by atoms with Crippen LogP contribution < -0.4 is 10.6 Å². The number of hydrogen-bond donors (Lipinski definition) is 2. The van der Waals surface area contributed by atoms with Crippen LogP contribution in [0.15, 0.2) is 4.99 Å². The number of nitrogens with zero attached hydrogens (tertiary/aromatic N) is 2. The van der Waals surface area contributed by atoms with Gasteiger partial charge in [-0.1, -0.05) is 13.3 Å². The maximum absolute atomic E-state index is 4.16. The van der Waals surface area contributed by atoms with Crippen LogP contribution in [-0.2, 0) is 0 Å². The van der Waals surface area contributed by atoms with Gasteiger partial charge in [-0.25, -0.2) is 0 Å². The zero-order chi connectivity index (χ0) is 12.4. The van der Waals surface area contributed by atoms with Gasteiger partial charge in [0.2, 0.25) is 0 Å². The molecule has 4 nitrogen and oxygen atoms in total. The lowest BCUT2D eigenvalue weighted by atomic mass is 10.3. The average Bonchev–Trinajstić information content (AvgIpc) is 2.24. The van der Waals surface area contributed by atoms with E-state index in [4.69, 9.17) is 0 Å². The van der Waals surface area contributed by atoms with E-state index >= 15 is 0 Å². The van der Waals surface area contributed by atoms with Crippen molar-refractivity contribution in [2.24, 2.45) is 4.99 Å². The van der Waals surface area contributed by atoms with Crippen molar-refractivity contribution in [2.45, 2.75) is 39.7 Å². The van der Waals surface area contributed by atoms with E-state index in [9.17, 15) is 0 Å². The lowest BCUT2D eigenvalue weighted by Gasteiger charge is -2.18. The van der Waals surface area contributed by atoms with Gasteiger partial charge in [0.05, 0.1) is 0 Å². The van der Waals surface area contributed by atoms with E-state index in [0.717, 1.165) is 19.0 Å². The van der Waals surface area contributed by atoms with Crippen LogP contribution in [0.2, 0.25) is 0 Å². The van der Waals surface area contributed by atoms with Crippen LogP contribution in [0.3, 0.4) is 0 Å². The van der Waals surface area contributed by atoms with Crippen LogP contribution in [0.1, 0.15) is 33.6 Å². The van der Waals surface area contributed by atoms with Gasteiger partial charge in [0.1, 0.15) is 0 Å². The Balaban J connectivity index is 3.62. The molecule has 0 rings (SSSR count). The summed E-state index contributed by atoms with van der Waals surface area (Å²) in [4.78, 5) is 6.51. The molecule has 0 heterocycles. The molecule has 0 aromatic rings. The molecule has 0 bridgehead atoms. The first-order valence-electron chi connectivity index (χ1n) is 6.25. The SMILES string of the molecule is CCCCN(C)CCNC(=NC)NC(C)C. The monoisotopic (exact) mass is 228 g/mol. The Bertz CT molecular complexity index is 189. The van der Waals surface area contributed by atoms with Gasteiger partial charge in [-0.2, -0.15) is 0 Å². The third-order valence-electron chi connectivity index (χ3n) is 2.33. The highest BCUT2D eigenvalue weighted by Crippen LogP contribution is 1.90. The Kier molecular flexibility index (Phi) is 9.00. The summed E-state index contributed by atoms with van der Waals surface area (Å²) in [6.45, 7) is 9.61. The predicted octanol–water partition coefficient (Wildman–Crippen LogP) is 1.29. The van der Waals surface area contributed by atoms with Crippen molar-refractivity contribution in [2.75, 3.05) is 33.7 Å². The van der Waals surface area contributed by atoms with E-state index in [2.05, 4.69) is 48.3 Å². The molecule has 0 saturated heterocycles. The summed E-state index contributed by atoms with van der Waals surface area (Å²) in [5.74, 6) is 0.888. The van der Waals surface area contributed by atoms with Crippen LogP contribution in [0.4, 0.5) is 0 Å². The van der Waals surface area contributed by atoms with Gasteiger partial charge in [-0.15, -0.1) is 0 Å². The van der Waals surface area contributed by atoms with Crippen molar-refractivity contribution in [3.63, 3.8) is 0 Å². The highest BCUT2D eigenvalue weighted by Gasteiger charge is 2.00. The highest BCUT2D eigenvalue weighted by molar-refractivity contribution is 5.79. The Morgan fingerprint density at radius 2 is 2.00 bits per heavy atom. The third-order valence-corrected chi connectivity index (χ3v) is 2.33. The fraction of sp³-hybridized carbons (Fsp3) is 0.917. The number of rotatable bonds is 7. The molecule has 0 spiro atoms. The standard InChI is InChI=1S/C12H28N4/c1-6-7-9-16(5)10-8-14-12(13-4)15-11(2)3/h11H,6-10H2,1-5H3,(H2,13,14,15). The Morgan fingerprint density at radius 1 is 1.31 bits per heavy atom. The number of nitrogens with one attached hydrogen (secondary N) is 2. The Morgan fingerprint density at radius 3 is 2.50 bits per heavy atom. The van der Waals surface area contributed by atoms with Crippen LogP contribution in [0, 0.1) is 0 Å². The Hall–Kier alpha value is -0.770. The molecule has 0 aliphatic rings. The first-order valence-corrected chi connectivity index (χ1v) is 6.25. The lowest BCUT2D eigenvalue weighted by Crippen LogP contribution is -2.43. The smallest absolute Gasteiger partial charge is 0.191 e. The number of hydrogen-bond acceptors (Lipinski definition) is 2. The minimum atomic E-state index is 0.420. The normalized spacial score (nSPS) is 12.3. The number of guanidine groups is 1. The molecule has 0 aliphatic heterocycles. The zero-order valence-electron chi connectivity index (χ0n) is 11.5. The second-order valence-electron chi connectivity index (χ2n) is 4.45. The Labute approximate surface area is 101 Å². The molecule has 0 saturated carbocycles. The van der Waals surface area contributed by atoms with E-state index in [1.807, 2.05) is 0 Å². The van der Waals surface area contributed by atoms with Gasteiger partial charge in [0.25, 0.3) is 0 Å². The molecular formula is C12H28N4. The largest absolute Gasteiger partial charge is 0.355 e. The van der Waals surface area contributed by atoms with Gasteiger partial charge in [0.15, 0.2) is 5.96 Å². The molecule has 0 atom stereocenters. The average molecular weight is 228 g/mol. The number of aliphatic imine (C=N–C) groups is 1. The van der Waals surface area contributed by atoms with Crippen LogP contribution in [0.5, 0.6) is 0 Å². The summed E-state index contributed by atoms with van der Waals surface area (Å²) in [6.07, 6.45) is 2.53. The maximum Gasteiger partial charge on any atom is 0.191 e. The van der Waals surface area contributed by atoms with Gasteiger partial charge < -0.3 is 15.5 Å².